The van der Waals surface area contributed by atoms with Crippen LogP contribution in [0, 0.1) is 0 Å². The Bertz CT molecular complexity index is 790. The predicted molar refractivity (Wildman–Crippen MR) is 106 cm³/mol. The maximum atomic E-state index is 12.7. The van der Waals surface area contributed by atoms with E-state index in [0.29, 0.717) is 38.5 Å². The van der Waals surface area contributed by atoms with Crippen molar-refractivity contribution in [2.24, 2.45) is 0 Å². The molecule has 0 bridgehead atoms. The summed E-state index contributed by atoms with van der Waals surface area (Å²) in [6.07, 6.45) is 6.14. The van der Waals surface area contributed by atoms with Gasteiger partial charge in [-0.2, -0.15) is 0 Å². The molecule has 0 unspecified atom stereocenters. The van der Waals surface area contributed by atoms with Crippen LogP contribution in [0.5, 0.6) is 0 Å². The summed E-state index contributed by atoms with van der Waals surface area (Å²) >= 11 is 0. The second-order valence-corrected chi connectivity index (χ2v) is 7.77. The van der Waals surface area contributed by atoms with Crippen LogP contribution in [0.15, 0.2) is 53.1 Å². The molecule has 1 saturated carbocycles. The normalized spacial score (nSPS) is 18.9. The number of hydrogen-bond acceptors (Lipinski definition) is 3. The van der Waals surface area contributed by atoms with E-state index in [0.717, 1.165) is 12.8 Å². The van der Waals surface area contributed by atoms with Crippen LogP contribution in [-0.4, -0.2) is 54.5 Å². The van der Waals surface area contributed by atoms with Crippen LogP contribution >= 0.6 is 0 Å². The Morgan fingerprint density at radius 2 is 1.61 bits per heavy atom. The van der Waals surface area contributed by atoms with E-state index in [9.17, 15) is 9.59 Å². The standard InChI is InChI=1S/C22H27N3O3/c26-20(19-9-6-16-28-19)24-12-14-25(15-13-24)21(27)23-17-22(10-4-5-11-22)18-7-2-1-3-8-18/h1-3,6-9,16H,4-5,10-15,17H2,(H,23,27). The van der Waals surface area contributed by atoms with Gasteiger partial charge in [-0.25, -0.2) is 4.79 Å². The van der Waals surface area contributed by atoms with Crippen molar-refractivity contribution < 1.29 is 14.0 Å². The molecule has 1 N–H and O–H groups in total. The lowest BCUT2D eigenvalue weighted by atomic mass is 9.79. The first-order valence-corrected chi connectivity index (χ1v) is 10.1. The highest BCUT2D eigenvalue weighted by molar-refractivity contribution is 5.91. The molecule has 28 heavy (non-hydrogen) atoms. The molecule has 2 heterocycles. The van der Waals surface area contributed by atoms with Crippen molar-refractivity contribution in [3.05, 3.63) is 60.1 Å². The average Bonchev–Trinajstić information content (AvgIpc) is 3.45. The lowest BCUT2D eigenvalue weighted by Crippen LogP contribution is -2.54. The van der Waals surface area contributed by atoms with E-state index in [-0.39, 0.29) is 17.4 Å². The van der Waals surface area contributed by atoms with Crippen LogP contribution in [0.25, 0.3) is 0 Å². The molecule has 4 rings (SSSR count). The van der Waals surface area contributed by atoms with Gasteiger partial charge in [0.05, 0.1) is 6.26 Å². The number of rotatable bonds is 4. The van der Waals surface area contributed by atoms with Crippen LogP contribution in [0.3, 0.4) is 0 Å². The topological polar surface area (TPSA) is 65.8 Å². The molecule has 1 aliphatic carbocycles. The molecule has 148 valence electrons. The minimum atomic E-state index is -0.112. The molecule has 0 radical (unpaired) electrons. The molecule has 3 amide bonds. The molecule has 2 fully saturated rings. The van der Waals surface area contributed by atoms with E-state index in [1.807, 2.05) is 6.07 Å². The second-order valence-electron chi connectivity index (χ2n) is 7.77. The van der Waals surface area contributed by atoms with Crippen molar-refractivity contribution in [3.8, 4) is 0 Å². The summed E-state index contributed by atoms with van der Waals surface area (Å²) in [5.74, 6) is 0.239. The highest BCUT2D eigenvalue weighted by Crippen LogP contribution is 2.40. The van der Waals surface area contributed by atoms with Crippen molar-refractivity contribution in [2.45, 2.75) is 31.1 Å². The highest BCUT2D eigenvalue weighted by atomic mass is 16.3. The fourth-order valence-electron chi connectivity index (χ4n) is 4.44. The molecule has 1 saturated heterocycles. The summed E-state index contributed by atoms with van der Waals surface area (Å²) in [5, 5.41) is 3.17. The quantitative estimate of drug-likeness (QED) is 0.884. The molecular formula is C22H27N3O3. The van der Waals surface area contributed by atoms with Crippen LogP contribution in [0.1, 0.15) is 41.8 Å². The number of hydrogen-bond donors (Lipinski definition) is 1. The zero-order chi connectivity index (χ0) is 19.4. The van der Waals surface area contributed by atoms with E-state index in [1.165, 1.54) is 24.7 Å². The number of carbonyl (C=O) groups is 2. The molecule has 1 aromatic heterocycles. The molecule has 0 atom stereocenters. The molecule has 1 aliphatic heterocycles. The van der Waals surface area contributed by atoms with Gasteiger partial charge >= 0.3 is 6.03 Å². The molecular weight excluding hydrogens is 354 g/mol. The van der Waals surface area contributed by atoms with E-state index >= 15 is 0 Å². The minimum absolute atomic E-state index is 0.0349. The van der Waals surface area contributed by atoms with Crippen molar-refractivity contribution in [1.82, 2.24) is 15.1 Å². The minimum Gasteiger partial charge on any atom is -0.459 e. The summed E-state index contributed by atoms with van der Waals surface area (Å²) < 4.78 is 5.19. The third-order valence-electron chi connectivity index (χ3n) is 6.11. The van der Waals surface area contributed by atoms with Crippen LogP contribution in [-0.2, 0) is 5.41 Å². The number of urea groups is 1. The fourth-order valence-corrected chi connectivity index (χ4v) is 4.44. The number of amides is 3. The van der Waals surface area contributed by atoms with Gasteiger partial charge in [-0.1, -0.05) is 43.2 Å². The van der Waals surface area contributed by atoms with Gasteiger partial charge in [0.1, 0.15) is 0 Å². The first-order valence-electron chi connectivity index (χ1n) is 10.1. The van der Waals surface area contributed by atoms with E-state index in [1.54, 1.807) is 21.9 Å². The van der Waals surface area contributed by atoms with Gasteiger partial charge < -0.3 is 19.5 Å². The van der Waals surface area contributed by atoms with Crippen LogP contribution in [0.4, 0.5) is 4.79 Å². The molecule has 2 aliphatic rings. The van der Waals surface area contributed by atoms with E-state index in [2.05, 4.69) is 29.6 Å². The molecule has 6 heteroatoms. The number of benzene rings is 1. The molecule has 2 aromatic rings. The summed E-state index contributed by atoms with van der Waals surface area (Å²) in [5.41, 5.74) is 1.37. The number of nitrogens with zero attached hydrogens (tertiary/aromatic N) is 2. The molecule has 6 nitrogen and oxygen atoms in total. The smallest absolute Gasteiger partial charge is 0.317 e. The Balaban J connectivity index is 1.31. The lowest BCUT2D eigenvalue weighted by Gasteiger charge is -2.36. The number of furan rings is 1. The maximum Gasteiger partial charge on any atom is 0.317 e. The van der Waals surface area contributed by atoms with Gasteiger partial charge in [-0.3, -0.25) is 4.79 Å². The third-order valence-corrected chi connectivity index (χ3v) is 6.11. The van der Waals surface area contributed by atoms with Crippen LogP contribution in [0.2, 0.25) is 0 Å². The zero-order valence-electron chi connectivity index (χ0n) is 16.1. The summed E-state index contributed by atoms with van der Waals surface area (Å²) in [7, 11) is 0. The Morgan fingerprint density at radius 1 is 0.929 bits per heavy atom. The van der Waals surface area contributed by atoms with Crippen LogP contribution < -0.4 is 5.32 Å². The van der Waals surface area contributed by atoms with Crippen molar-refractivity contribution in [2.75, 3.05) is 32.7 Å². The number of carbonyl (C=O) groups excluding carboxylic acids is 2. The third kappa shape index (κ3) is 3.77. The predicted octanol–water partition coefficient (Wildman–Crippen LogP) is 3.26. The van der Waals surface area contributed by atoms with Gasteiger partial charge in [0.25, 0.3) is 5.91 Å². The van der Waals surface area contributed by atoms with Gasteiger partial charge in [-0.05, 0) is 30.5 Å². The Labute approximate surface area is 165 Å². The summed E-state index contributed by atoms with van der Waals surface area (Å²) in [6, 6.07) is 13.9. The Kier molecular flexibility index (Phi) is 5.37. The van der Waals surface area contributed by atoms with Crippen molar-refractivity contribution in [3.63, 3.8) is 0 Å². The summed E-state index contributed by atoms with van der Waals surface area (Å²) in [6.45, 7) is 2.79. The Morgan fingerprint density at radius 3 is 2.25 bits per heavy atom. The van der Waals surface area contributed by atoms with Gasteiger partial charge in [0, 0.05) is 38.1 Å². The fraction of sp³-hybridized carbons (Fsp3) is 0.455. The zero-order valence-corrected chi connectivity index (χ0v) is 16.1. The van der Waals surface area contributed by atoms with E-state index in [4.69, 9.17) is 4.42 Å². The van der Waals surface area contributed by atoms with Gasteiger partial charge in [0.2, 0.25) is 0 Å². The number of piperazine rings is 1. The maximum absolute atomic E-state index is 12.7. The molecule has 0 spiro atoms. The second kappa shape index (κ2) is 8.09. The van der Waals surface area contributed by atoms with E-state index < -0.39 is 0 Å². The van der Waals surface area contributed by atoms with Gasteiger partial charge in [0.15, 0.2) is 5.76 Å². The van der Waals surface area contributed by atoms with Gasteiger partial charge in [-0.15, -0.1) is 0 Å². The number of nitrogens with one attached hydrogen (secondary N) is 1. The highest BCUT2D eigenvalue weighted by Gasteiger charge is 2.36. The first kappa shape index (κ1) is 18.6. The average molecular weight is 381 g/mol. The monoisotopic (exact) mass is 381 g/mol. The SMILES string of the molecule is O=C(NCC1(c2ccccc2)CCCC1)N1CCN(C(=O)c2ccco2)CC1. The Hall–Kier alpha value is -2.76. The largest absolute Gasteiger partial charge is 0.459 e. The molecule has 1 aromatic carbocycles. The summed E-state index contributed by atoms with van der Waals surface area (Å²) in [4.78, 5) is 28.6. The first-order chi connectivity index (χ1) is 13.7. The van der Waals surface area contributed by atoms with Crippen molar-refractivity contribution in [1.29, 1.82) is 0 Å². The lowest BCUT2D eigenvalue weighted by molar-refractivity contribution is 0.0633. The van der Waals surface area contributed by atoms with Crippen molar-refractivity contribution >= 4 is 11.9 Å².